The van der Waals surface area contributed by atoms with E-state index >= 15 is 0 Å². The van der Waals surface area contributed by atoms with Crippen molar-refractivity contribution in [3.63, 3.8) is 0 Å². The quantitative estimate of drug-likeness (QED) is 0.893. The van der Waals surface area contributed by atoms with Gasteiger partial charge in [0.2, 0.25) is 0 Å². The summed E-state index contributed by atoms with van der Waals surface area (Å²) in [5, 5.41) is 4.59. The van der Waals surface area contributed by atoms with Gasteiger partial charge in [0, 0.05) is 23.1 Å². The number of rotatable bonds is 4. The molecule has 1 heterocycles. The monoisotopic (exact) mass is 294 g/mol. The van der Waals surface area contributed by atoms with Crippen LogP contribution >= 0.6 is 11.6 Å². The van der Waals surface area contributed by atoms with Crippen molar-refractivity contribution in [2.75, 3.05) is 13.1 Å². The highest BCUT2D eigenvalue weighted by Gasteiger charge is 2.20. The third kappa shape index (κ3) is 4.47. The first-order chi connectivity index (χ1) is 9.56. The average molecular weight is 295 g/mol. The molecular formula is C17H27ClN2. The molecule has 1 aromatic rings. The van der Waals surface area contributed by atoms with Crippen LogP contribution in [0.4, 0.5) is 0 Å². The second-order valence-corrected chi connectivity index (χ2v) is 6.63. The lowest BCUT2D eigenvalue weighted by molar-refractivity contribution is 0.228. The van der Waals surface area contributed by atoms with Crippen molar-refractivity contribution in [3.8, 4) is 0 Å². The molecule has 1 unspecified atom stereocenters. The minimum atomic E-state index is 0.392. The predicted octanol–water partition coefficient (Wildman–Crippen LogP) is 4.25. The average Bonchev–Trinajstić information content (AvgIpc) is 2.65. The van der Waals surface area contributed by atoms with E-state index in [9.17, 15) is 0 Å². The lowest BCUT2D eigenvalue weighted by Crippen LogP contribution is -2.34. The number of nitrogens with zero attached hydrogens (tertiary/aromatic N) is 1. The van der Waals surface area contributed by atoms with Crippen molar-refractivity contribution in [3.05, 3.63) is 34.9 Å². The van der Waals surface area contributed by atoms with Gasteiger partial charge in [0.15, 0.2) is 0 Å². The molecular weight excluding hydrogens is 268 g/mol. The van der Waals surface area contributed by atoms with Crippen LogP contribution in [0.5, 0.6) is 0 Å². The summed E-state index contributed by atoms with van der Waals surface area (Å²) in [6.07, 6.45) is 3.82. The Hall–Kier alpha value is -0.570. The summed E-state index contributed by atoms with van der Waals surface area (Å²) < 4.78 is 0. The van der Waals surface area contributed by atoms with E-state index in [1.54, 1.807) is 0 Å². The van der Waals surface area contributed by atoms with Gasteiger partial charge in [-0.2, -0.15) is 0 Å². The van der Waals surface area contributed by atoms with Crippen LogP contribution < -0.4 is 5.32 Å². The fourth-order valence-corrected chi connectivity index (χ4v) is 3.13. The third-order valence-electron chi connectivity index (χ3n) is 4.35. The first-order valence-electron chi connectivity index (χ1n) is 7.82. The van der Waals surface area contributed by atoms with Crippen molar-refractivity contribution in [1.82, 2.24) is 10.2 Å². The highest BCUT2D eigenvalue weighted by molar-refractivity contribution is 6.30. The normalized spacial score (nSPS) is 22.8. The zero-order chi connectivity index (χ0) is 14.5. The van der Waals surface area contributed by atoms with Crippen LogP contribution in [0.1, 0.15) is 51.6 Å². The Morgan fingerprint density at radius 3 is 2.45 bits per heavy atom. The van der Waals surface area contributed by atoms with E-state index < -0.39 is 0 Å². The van der Waals surface area contributed by atoms with E-state index in [0.717, 1.165) is 5.02 Å². The van der Waals surface area contributed by atoms with E-state index in [0.29, 0.717) is 18.1 Å². The minimum absolute atomic E-state index is 0.392. The number of halogens is 1. The molecule has 2 atom stereocenters. The second kappa shape index (κ2) is 7.44. The Balaban J connectivity index is 1.88. The summed E-state index contributed by atoms with van der Waals surface area (Å²) in [6.45, 7) is 9.29. The Morgan fingerprint density at radius 2 is 1.80 bits per heavy atom. The molecule has 3 heteroatoms. The van der Waals surface area contributed by atoms with Gasteiger partial charge < -0.3 is 10.2 Å². The Morgan fingerprint density at radius 1 is 1.10 bits per heavy atom. The van der Waals surface area contributed by atoms with Crippen molar-refractivity contribution in [1.29, 1.82) is 0 Å². The maximum atomic E-state index is 5.95. The van der Waals surface area contributed by atoms with E-state index in [1.165, 1.54) is 37.9 Å². The van der Waals surface area contributed by atoms with Gasteiger partial charge in [-0.15, -0.1) is 0 Å². The lowest BCUT2D eigenvalue weighted by atomic mass is 10.0. The van der Waals surface area contributed by atoms with Gasteiger partial charge >= 0.3 is 0 Å². The topological polar surface area (TPSA) is 15.3 Å². The molecule has 2 rings (SSSR count). The van der Waals surface area contributed by atoms with E-state index in [4.69, 9.17) is 11.6 Å². The Labute approximate surface area is 128 Å². The van der Waals surface area contributed by atoms with E-state index in [2.05, 4.69) is 43.1 Å². The summed E-state index contributed by atoms with van der Waals surface area (Å²) in [6, 6.07) is 9.88. The van der Waals surface area contributed by atoms with Gasteiger partial charge in [0.1, 0.15) is 0 Å². The molecule has 0 bridgehead atoms. The molecule has 0 radical (unpaired) electrons. The Kier molecular flexibility index (Phi) is 5.88. The molecule has 0 aromatic heterocycles. The smallest absolute Gasteiger partial charge is 0.0406 e. The summed E-state index contributed by atoms with van der Waals surface area (Å²) in [5.41, 5.74) is 1.32. The van der Waals surface area contributed by atoms with Gasteiger partial charge in [-0.05, 0) is 70.8 Å². The molecule has 1 saturated heterocycles. The number of nitrogens with one attached hydrogen (secondary N) is 1. The van der Waals surface area contributed by atoms with Crippen LogP contribution in [0.3, 0.4) is 0 Å². The minimum Gasteiger partial charge on any atom is -0.307 e. The van der Waals surface area contributed by atoms with Crippen LogP contribution in [0.2, 0.25) is 5.02 Å². The van der Waals surface area contributed by atoms with Crippen LogP contribution in [0.15, 0.2) is 24.3 Å². The third-order valence-corrected chi connectivity index (χ3v) is 4.60. The van der Waals surface area contributed by atoms with Gasteiger partial charge in [-0.1, -0.05) is 23.7 Å². The first-order valence-corrected chi connectivity index (χ1v) is 8.19. The molecule has 2 nitrogen and oxygen atoms in total. The van der Waals surface area contributed by atoms with E-state index in [-0.39, 0.29) is 0 Å². The summed E-state index contributed by atoms with van der Waals surface area (Å²) in [7, 11) is 0. The molecule has 0 saturated carbocycles. The summed E-state index contributed by atoms with van der Waals surface area (Å²) in [4.78, 5) is 2.59. The highest BCUT2D eigenvalue weighted by atomic mass is 35.5. The Bertz CT molecular complexity index is 402. The predicted molar refractivity (Wildman–Crippen MR) is 87.4 cm³/mol. The fourth-order valence-electron chi connectivity index (χ4n) is 3.00. The number of hydrogen-bond donors (Lipinski definition) is 1. The van der Waals surface area contributed by atoms with Crippen molar-refractivity contribution in [2.45, 2.75) is 58.2 Å². The number of likely N-dealkylation sites (tertiary alicyclic amines) is 1. The maximum Gasteiger partial charge on any atom is 0.0406 e. The zero-order valence-electron chi connectivity index (χ0n) is 12.9. The summed E-state index contributed by atoms with van der Waals surface area (Å²) in [5.74, 6) is 0. The molecule has 1 aromatic carbocycles. The lowest BCUT2D eigenvalue weighted by Gasteiger charge is -2.25. The molecule has 0 amide bonds. The number of benzene rings is 1. The molecule has 0 spiro atoms. The first kappa shape index (κ1) is 15.8. The van der Waals surface area contributed by atoms with Gasteiger partial charge in [-0.25, -0.2) is 0 Å². The van der Waals surface area contributed by atoms with Crippen LogP contribution in [-0.4, -0.2) is 30.1 Å². The molecule has 1 aliphatic rings. The van der Waals surface area contributed by atoms with E-state index in [1.807, 2.05) is 12.1 Å². The molecule has 1 fully saturated rings. The molecule has 0 aliphatic carbocycles. The highest BCUT2D eigenvalue weighted by Crippen LogP contribution is 2.20. The zero-order valence-corrected chi connectivity index (χ0v) is 13.7. The molecule has 20 heavy (non-hydrogen) atoms. The standard InChI is InChI=1S/C17H27ClN2/c1-13(2)20-11-4-5-17(10-12-20)19-14(3)15-6-8-16(18)9-7-15/h6-9,13-14,17,19H,4-5,10-12H2,1-3H3/t14-,17?/m0/s1. The van der Waals surface area contributed by atoms with Crippen LogP contribution in [0, 0.1) is 0 Å². The molecule has 1 N–H and O–H groups in total. The van der Waals surface area contributed by atoms with Crippen molar-refractivity contribution >= 4 is 11.6 Å². The largest absolute Gasteiger partial charge is 0.307 e. The molecule has 112 valence electrons. The number of hydrogen-bond acceptors (Lipinski definition) is 2. The van der Waals surface area contributed by atoms with Crippen LogP contribution in [0.25, 0.3) is 0 Å². The fraction of sp³-hybridized carbons (Fsp3) is 0.647. The van der Waals surface area contributed by atoms with Gasteiger partial charge in [0.25, 0.3) is 0 Å². The second-order valence-electron chi connectivity index (χ2n) is 6.20. The molecule has 1 aliphatic heterocycles. The SMILES string of the molecule is CC(C)N1CCCC(N[C@@H](C)c2ccc(Cl)cc2)CC1. The van der Waals surface area contributed by atoms with Crippen molar-refractivity contribution in [2.24, 2.45) is 0 Å². The van der Waals surface area contributed by atoms with Gasteiger partial charge in [-0.3, -0.25) is 0 Å². The summed E-state index contributed by atoms with van der Waals surface area (Å²) >= 11 is 5.95. The maximum absolute atomic E-state index is 5.95. The van der Waals surface area contributed by atoms with Crippen LogP contribution in [-0.2, 0) is 0 Å². The van der Waals surface area contributed by atoms with Gasteiger partial charge in [0.05, 0.1) is 0 Å². The van der Waals surface area contributed by atoms with Crippen molar-refractivity contribution < 1.29 is 0 Å².